The predicted octanol–water partition coefficient (Wildman–Crippen LogP) is 2.26. The molecule has 1 N–H and O–H groups in total. The highest BCUT2D eigenvalue weighted by molar-refractivity contribution is 9.10. The summed E-state index contributed by atoms with van der Waals surface area (Å²) in [7, 11) is 2.13. The topological polar surface area (TPSA) is 70.5 Å². The number of nitrogens with one attached hydrogen (secondary N) is 1. The standard InChI is InChI=1S/C23H26BrN5O2/c1-27-9-11-28(12-10-27)14-21(17-5-3-2-4-6-17)26-22(30)15-29-16-25-20-8-7-18(24)13-19(20)23(29)31/h2-8,13,16,21H,9-12,14-15H2,1H3,(H,26,30). The SMILES string of the molecule is CN1CCN(CC(NC(=O)Cn2cnc3ccc(Br)cc3c2=O)c2ccccc2)CC1. The van der Waals surface area contributed by atoms with Crippen molar-refractivity contribution in [1.29, 1.82) is 0 Å². The monoisotopic (exact) mass is 483 g/mol. The number of likely N-dealkylation sites (N-methyl/N-ethyl adjacent to an activating group) is 1. The molecular weight excluding hydrogens is 458 g/mol. The van der Waals surface area contributed by atoms with Crippen molar-refractivity contribution in [2.45, 2.75) is 12.6 Å². The Kier molecular flexibility index (Phi) is 6.80. The van der Waals surface area contributed by atoms with Crippen LogP contribution in [0.15, 0.2) is 64.1 Å². The number of fused-ring (bicyclic) bond motifs is 1. The number of amides is 1. The summed E-state index contributed by atoms with van der Waals surface area (Å²) in [5.74, 6) is -0.207. The molecule has 1 atom stereocenters. The normalized spacial score (nSPS) is 16.3. The number of halogens is 1. The molecule has 0 bridgehead atoms. The molecule has 1 unspecified atom stereocenters. The van der Waals surface area contributed by atoms with Crippen molar-refractivity contribution in [2.75, 3.05) is 39.8 Å². The van der Waals surface area contributed by atoms with E-state index in [-0.39, 0.29) is 24.1 Å². The van der Waals surface area contributed by atoms with E-state index >= 15 is 0 Å². The zero-order valence-corrected chi connectivity index (χ0v) is 19.1. The molecular formula is C23H26BrN5O2. The summed E-state index contributed by atoms with van der Waals surface area (Å²) in [4.78, 5) is 34.7. The molecule has 0 radical (unpaired) electrons. The van der Waals surface area contributed by atoms with E-state index in [0.717, 1.165) is 42.8 Å². The lowest BCUT2D eigenvalue weighted by Crippen LogP contribution is -2.48. The van der Waals surface area contributed by atoms with E-state index in [1.807, 2.05) is 36.4 Å². The molecule has 3 aromatic rings. The van der Waals surface area contributed by atoms with Gasteiger partial charge in [0, 0.05) is 37.2 Å². The second-order valence-electron chi connectivity index (χ2n) is 7.97. The van der Waals surface area contributed by atoms with Gasteiger partial charge >= 0.3 is 0 Å². The first-order chi connectivity index (χ1) is 15.0. The maximum atomic E-state index is 12.9. The molecule has 0 aliphatic carbocycles. The molecule has 162 valence electrons. The number of hydrogen-bond acceptors (Lipinski definition) is 5. The van der Waals surface area contributed by atoms with Crippen LogP contribution in [0, 0.1) is 0 Å². The third kappa shape index (κ3) is 5.39. The number of carbonyl (C=O) groups excluding carboxylic acids is 1. The second-order valence-corrected chi connectivity index (χ2v) is 8.89. The number of benzene rings is 2. The summed E-state index contributed by atoms with van der Waals surface area (Å²) in [6.07, 6.45) is 1.44. The quantitative estimate of drug-likeness (QED) is 0.582. The Hall–Kier alpha value is -2.55. The minimum absolute atomic E-state index is 0.0691. The molecule has 0 saturated carbocycles. The first-order valence-corrected chi connectivity index (χ1v) is 11.2. The van der Waals surface area contributed by atoms with E-state index in [1.54, 1.807) is 12.1 Å². The van der Waals surface area contributed by atoms with Crippen LogP contribution >= 0.6 is 15.9 Å². The Morgan fingerprint density at radius 2 is 1.87 bits per heavy atom. The Morgan fingerprint density at radius 3 is 2.61 bits per heavy atom. The second kappa shape index (κ2) is 9.72. The molecule has 0 spiro atoms. The van der Waals surface area contributed by atoms with E-state index in [0.29, 0.717) is 10.9 Å². The van der Waals surface area contributed by atoms with Gasteiger partial charge in [-0.05, 0) is 30.8 Å². The molecule has 1 aliphatic rings. The lowest BCUT2D eigenvalue weighted by Gasteiger charge is -2.35. The van der Waals surface area contributed by atoms with Crippen molar-refractivity contribution < 1.29 is 4.79 Å². The van der Waals surface area contributed by atoms with Crippen LogP contribution in [-0.4, -0.2) is 65.0 Å². The first kappa shape index (κ1) is 21.7. The van der Waals surface area contributed by atoms with E-state index < -0.39 is 0 Å². The lowest BCUT2D eigenvalue weighted by molar-refractivity contribution is -0.122. The molecule has 4 rings (SSSR count). The fraction of sp³-hybridized carbons (Fsp3) is 0.348. The zero-order valence-electron chi connectivity index (χ0n) is 17.5. The number of piperazine rings is 1. The van der Waals surface area contributed by atoms with Crippen LogP contribution in [0.1, 0.15) is 11.6 Å². The van der Waals surface area contributed by atoms with Gasteiger partial charge in [0.05, 0.1) is 23.3 Å². The minimum Gasteiger partial charge on any atom is -0.346 e. The van der Waals surface area contributed by atoms with Gasteiger partial charge in [0.15, 0.2) is 0 Å². The van der Waals surface area contributed by atoms with Gasteiger partial charge in [-0.1, -0.05) is 46.3 Å². The first-order valence-electron chi connectivity index (χ1n) is 10.4. The molecule has 1 saturated heterocycles. The summed E-state index contributed by atoms with van der Waals surface area (Å²) in [6, 6.07) is 15.2. The molecule has 1 aliphatic heterocycles. The maximum Gasteiger partial charge on any atom is 0.261 e. The molecule has 1 fully saturated rings. The number of rotatable bonds is 6. The van der Waals surface area contributed by atoms with Crippen LogP contribution in [0.5, 0.6) is 0 Å². The molecule has 1 amide bonds. The molecule has 2 heterocycles. The number of hydrogen-bond donors (Lipinski definition) is 1. The van der Waals surface area contributed by atoms with E-state index in [9.17, 15) is 9.59 Å². The predicted molar refractivity (Wildman–Crippen MR) is 125 cm³/mol. The number of nitrogens with zero attached hydrogens (tertiary/aromatic N) is 4. The van der Waals surface area contributed by atoms with Gasteiger partial charge in [0.2, 0.25) is 5.91 Å². The van der Waals surface area contributed by atoms with Crippen molar-refractivity contribution in [3.63, 3.8) is 0 Å². The Labute approximate surface area is 189 Å². The van der Waals surface area contributed by atoms with E-state index in [2.05, 4.69) is 43.1 Å². The molecule has 1 aromatic heterocycles. The van der Waals surface area contributed by atoms with E-state index in [1.165, 1.54) is 10.9 Å². The summed E-state index contributed by atoms with van der Waals surface area (Å²) in [5.41, 5.74) is 1.45. The van der Waals surface area contributed by atoms with Crippen molar-refractivity contribution in [2.24, 2.45) is 0 Å². The Morgan fingerprint density at radius 1 is 1.13 bits per heavy atom. The van der Waals surface area contributed by atoms with Gasteiger partial charge in [-0.3, -0.25) is 19.1 Å². The van der Waals surface area contributed by atoms with Crippen LogP contribution < -0.4 is 10.9 Å². The third-order valence-electron chi connectivity index (χ3n) is 5.67. The van der Waals surface area contributed by atoms with Crippen LogP contribution in [0.25, 0.3) is 10.9 Å². The molecule has 2 aromatic carbocycles. The van der Waals surface area contributed by atoms with Gasteiger partial charge < -0.3 is 10.2 Å². The summed E-state index contributed by atoms with van der Waals surface area (Å²) >= 11 is 3.39. The third-order valence-corrected chi connectivity index (χ3v) is 6.17. The lowest BCUT2D eigenvalue weighted by atomic mass is 10.1. The minimum atomic E-state index is -0.225. The van der Waals surface area contributed by atoms with Crippen molar-refractivity contribution >= 4 is 32.7 Å². The summed E-state index contributed by atoms with van der Waals surface area (Å²) in [5, 5.41) is 3.62. The number of aromatic nitrogens is 2. The highest BCUT2D eigenvalue weighted by Gasteiger charge is 2.21. The van der Waals surface area contributed by atoms with Crippen molar-refractivity contribution in [3.05, 3.63) is 75.2 Å². The van der Waals surface area contributed by atoms with Gasteiger partial charge in [0.1, 0.15) is 6.54 Å². The average molecular weight is 484 g/mol. The van der Waals surface area contributed by atoms with Crippen LogP contribution in [0.3, 0.4) is 0 Å². The fourth-order valence-electron chi connectivity index (χ4n) is 3.85. The maximum absolute atomic E-state index is 12.9. The van der Waals surface area contributed by atoms with Gasteiger partial charge in [-0.25, -0.2) is 4.98 Å². The highest BCUT2D eigenvalue weighted by Crippen LogP contribution is 2.16. The summed E-state index contributed by atoms with van der Waals surface area (Å²) < 4.78 is 2.17. The van der Waals surface area contributed by atoms with Gasteiger partial charge in [-0.2, -0.15) is 0 Å². The van der Waals surface area contributed by atoms with Crippen LogP contribution in [0.2, 0.25) is 0 Å². The summed E-state index contributed by atoms with van der Waals surface area (Å²) in [6.45, 7) is 4.64. The molecule has 8 heteroatoms. The number of carbonyl (C=O) groups is 1. The highest BCUT2D eigenvalue weighted by atomic mass is 79.9. The fourth-order valence-corrected chi connectivity index (χ4v) is 4.21. The Bertz CT molecular complexity index is 1110. The van der Waals surface area contributed by atoms with E-state index in [4.69, 9.17) is 0 Å². The molecule has 31 heavy (non-hydrogen) atoms. The van der Waals surface area contributed by atoms with Crippen LogP contribution in [0.4, 0.5) is 0 Å². The van der Waals surface area contributed by atoms with Crippen LogP contribution in [-0.2, 0) is 11.3 Å². The van der Waals surface area contributed by atoms with Gasteiger partial charge in [-0.15, -0.1) is 0 Å². The van der Waals surface area contributed by atoms with Crippen molar-refractivity contribution in [3.8, 4) is 0 Å². The van der Waals surface area contributed by atoms with Gasteiger partial charge in [0.25, 0.3) is 5.56 Å². The molecule has 7 nitrogen and oxygen atoms in total. The van der Waals surface area contributed by atoms with Crippen molar-refractivity contribution in [1.82, 2.24) is 24.7 Å². The Balaban J connectivity index is 1.50. The average Bonchev–Trinajstić information content (AvgIpc) is 2.78. The smallest absolute Gasteiger partial charge is 0.261 e. The zero-order chi connectivity index (χ0) is 21.8. The largest absolute Gasteiger partial charge is 0.346 e.